The van der Waals surface area contributed by atoms with E-state index in [1.54, 1.807) is 0 Å². The number of carboxylic acids is 1. The van der Waals surface area contributed by atoms with Gasteiger partial charge in [0.05, 0.1) is 17.6 Å². The van der Waals surface area contributed by atoms with Gasteiger partial charge in [-0.2, -0.15) is 0 Å². The summed E-state index contributed by atoms with van der Waals surface area (Å²) in [5, 5.41) is 16.1. The van der Waals surface area contributed by atoms with Gasteiger partial charge >= 0.3 is 5.97 Å². The summed E-state index contributed by atoms with van der Waals surface area (Å²) in [4.78, 5) is 15.3. The van der Waals surface area contributed by atoms with Crippen molar-refractivity contribution in [3.63, 3.8) is 0 Å². The normalized spacial score (nSPS) is 21.5. The second-order valence-electron chi connectivity index (χ2n) is 6.48. The molecular weight excluding hydrogens is 327 g/mol. The zero-order chi connectivity index (χ0) is 18.3. The lowest BCUT2D eigenvalue weighted by Gasteiger charge is -2.43. The molecule has 1 aromatic heterocycles. The highest BCUT2D eigenvalue weighted by molar-refractivity contribution is 5.84. The van der Waals surface area contributed by atoms with Crippen LogP contribution in [0, 0.1) is 5.82 Å². The third-order valence-corrected chi connectivity index (χ3v) is 4.76. The highest BCUT2D eigenvalue weighted by atomic mass is 19.1. The Kier molecular flexibility index (Phi) is 4.34. The van der Waals surface area contributed by atoms with Crippen LogP contribution in [0.1, 0.15) is 24.3 Å². The number of halogens is 1. The Balaban J connectivity index is 1.93. The standard InChI is InChI=1S/C16H21FN6O2/c1-9-6-22(7-10(2)21(9)3)15-4-11(17)14(5-12(15)18)23-8-13(16(24)25)19-20-23/h4-5,8-10H,6-7,18H2,1-3H3,(H,24,25)/t9-,10+. The molecule has 0 saturated carbocycles. The number of carboxylic acid groups (broad SMARTS) is 1. The number of hydrogen-bond donors (Lipinski definition) is 2. The molecule has 0 unspecified atom stereocenters. The molecule has 2 atom stereocenters. The quantitative estimate of drug-likeness (QED) is 0.804. The highest BCUT2D eigenvalue weighted by Crippen LogP contribution is 2.31. The van der Waals surface area contributed by atoms with Crippen LogP contribution in [0.3, 0.4) is 0 Å². The van der Waals surface area contributed by atoms with Gasteiger partial charge in [-0.15, -0.1) is 5.10 Å². The van der Waals surface area contributed by atoms with Crippen molar-refractivity contribution in [1.82, 2.24) is 19.9 Å². The van der Waals surface area contributed by atoms with Crippen LogP contribution < -0.4 is 10.6 Å². The van der Waals surface area contributed by atoms with Gasteiger partial charge in [0.1, 0.15) is 5.69 Å². The third-order valence-electron chi connectivity index (χ3n) is 4.76. The van der Waals surface area contributed by atoms with Crippen molar-refractivity contribution in [2.45, 2.75) is 25.9 Å². The summed E-state index contributed by atoms with van der Waals surface area (Å²) in [5.74, 6) is -1.76. The molecular formula is C16H21FN6O2. The molecule has 1 aliphatic rings. The van der Waals surface area contributed by atoms with E-state index in [2.05, 4.69) is 41.0 Å². The fourth-order valence-electron chi connectivity index (χ4n) is 3.10. The van der Waals surface area contributed by atoms with Crippen LogP contribution in [0.2, 0.25) is 0 Å². The number of likely N-dealkylation sites (N-methyl/N-ethyl adjacent to an activating group) is 1. The summed E-state index contributed by atoms with van der Waals surface area (Å²) < 4.78 is 15.7. The van der Waals surface area contributed by atoms with Crippen LogP contribution >= 0.6 is 0 Å². The van der Waals surface area contributed by atoms with E-state index < -0.39 is 11.8 Å². The van der Waals surface area contributed by atoms with Crippen molar-refractivity contribution in [3.05, 3.63) is 29.8 Å². The largest absolute Gasteiger partial charge is 0.476 e. The summed E-state index contributed by atoms with van der Waals surface area (Å²) in [6.07, 6.45) is 1.15. The maximum absolute atomic E-state index is 14.6. The predicted molar refractivity (Wildman–Crippen MR) is 91.6 cm³/mol. The Morgan fingerprint density at radius 1 is 1.28 bits per heavy atom. The number of aromatic carboxylic acids is 1. The molecule has 3 N–H and O–H groups in total. The Labute approximate surface area is 144 Å². The topological polar surface area (TPSA) is 101 Å². The predicted octanol–water partition coefficient (Wildman–Crippen LogP) is 1.22. The first-order valence-corrected chi connectivity index (χ1v) is 8.00. The first-order chi connectivity index (χ1) is 11.8. The fourth-order valence-corrected chi connectivity index (χ4v) is 3.10. The lowest BCUT2D eigenvalue weighted by Crippen LogP contribution is -2.55. The molecule has 1 saturated heterocycles. The van der Waals surface area contributed by atoms with Gasteiger partial charge in [0, 0.05) is 31.2 Å². The van der Waals surface area contributed by atoms with E-state index in [-0.39, 0.29) is 11.4 Å². The van der Waals surface area contributed by atoms with E-state index in [9.17, 15) is 9.18 Å². The number of carbonyl (C=O) groups is 1. The molecule has 0 aliphatic carbocycles. The van der Waals surface area contributed by atoms with Gasteiger partial charge in [-0.3, -0.25) is 4.90 Å². The van der Waals surface area contributed by atoms with Crippen LogP contribution in [0.15, 0.2) is 18.3 Å². The van der Waals surface area contributed by atoms with E-state index >= 15 is 0 Å². The summed E-state index contributed by atoms with van der Waals surface area (Å²) in [7, 11) is 2.07. The first kappa shape index (κ1) is 17.2. The van der Waals surface area contributed by atoms with Crippen LogP contribution in [0.5, 0.6) is 0 Å². The van der Waals surface area contributed by atoms with Gasteiger partial charge in [0.15, 0.2) is 11.5 Å². The Bertz CT molecular complexity index is 796. The molecule has 2 aromatic rings. The van der Waals surface area contributed by atoms with Crippen molar-refractivity contribution < 1.29 is 14.3 Å². The van der Waals surface area contributed by atoms with Gasteiger partial charge in [0.25, 0.3) is 0 Å². The van der Waals surface area contributed by atoms with E-state index in [0.717, 1.165) is 24.0 Å². The third kappa shape index (κ3) is 3.14. The molecule has 3 rings (SSSR count). The molecule has 25 heavy (non-hydrogen) atoms. The number of piperazine rings is 1. The first-order valence-electron chi connectivity index (χ1n) is 8.00. The maximum atomic E-state index is 14.6. The number of hydrogen-bond acceptors (Lipinski definition) is 6. The molecule has 0 bridgehead atoms. The maximum Gasteiger partial charge on any atom is 0.358 e. The molecule has 0 spiro atoms. The van der Waals surface area contributed by atoms with Crippen LogP contribution in [0.4, 0.5) is 15.8 Å². The molecule has 1 aliphatic heterocycles. The number of nitrogen functional groups attached to an aromatic ring is 1. The van der Waals surface area contributed by atoms with E-state index in [0.29, 0.717) is 23.5 Å². The molecule has 134 valence electrons. The number of nitrogens with zero attached hydrogens (tertiary/aromatic N) is 5. The van der Waals surface area contributed by atoms with Crippen LogP contribution in [-0.4, -0.2) is 63.2 Å². The molecule has 1 aromatic carbocycles. The van der Waals surface area contributed by atoms with E-state index in [1.807, 2.05) is 0 Å². The van der Waals surface area contributed by atoms with Crippen LogP contribution in [-0.2, 0) is 0 Å². The number of benzene rings is 1. The van der Waals surface area contributed by atoms with Crippen molar-refractivity contribution in [3.8, 4) is 5.69 Å². The summed E-state index contributed by atoms with van der Waals surface area (Å²) in [5.41, 5.74) is 7.00. The number of anilines is 2. The second-order valence-corrected chi connectivity index (χ2v) is 6.48. The number of nitrogens with two attached hydrogens (primary N) is 1. The smallest absolute Gasteiger partial charge is 0.358 e. The number of rotatable bonds is 3. The fraction of sp³-hybridized carbons (Fsp3) is 0.438. The molecule has 1 fully saturated rings. The zero-order valence-electron chi connectivity index (χ0n) is 14.3. The highest BCUT2D eigenvalue weighted by Gasteiger charge is 2.28. The van der Waals surface area contributed by atoms with Crippen LogP contribution in [0.25, 0.3) is 5.69 Å². The summed E-state index contributed by atoms with van der Waals surface area (Å²) in [6.45, 7) is 5.73. The summed E-state index contributed by atoms with van der Waals surface area (Å²) in [6, 6.07) is 3.47. The Morgan fingerprint density at radius 3 is 2.48 bits per heavy atom. The molecule has 0 amide bonds. The molecule has 2 heterocycles. The minimum Gasteiger partial charge on any atom is -0.476 e. The van der Waals surface area contributed by atoms with E-state index in [1.165, 1.54) is 12.1 Å². The van der Waals surface area contributed by atoms with Crippen molar-refractivity contribution in [2.75, 3.05) is 30.8 Å². The second kappa shape index (κ2) is 6.32. The van der Waals surface area contributed by atoms with Gasteiger partial charge in [-0.1, -0.05) is 5.21 Å². The van der Waals surface area contributed by atoms with Gasteiger partial charge in [-0.05, 0) is 27.0 Å². The lowest BCUT2D eigenvalue weighted by molar-refractivity contribution is 0.0690. The molecule has 9 heteroatoms. The lowest BCUT2D eigenvalue weighted by atomic mass is 10.1. The Hall–Kier alpha value is -2.68. The minimum atomic E-state index is -1.23. The number of aromatic nitrogens is 3. The van der Waals surface area contributed by atoms with Crippen molar-refractivity contribution >= 4 is 17.3 Å². The van der Waals surface area contributed by atoms with Crippen molar-refractivity contribution in [1.29, 1.82) is 0 Å². The van der Waals surface area contributed by atoms with E-state index in [4.69, 9.17) is 10.8 Å². The SMILES string of the molecule is C[C@@H]1CN(c2cc(F)c(-n3cc(C(=O)O)nn3)cc2N)C[C@H](C)N1C. The van der Waals surface area contributed by atoms with Gasteiger partial charge in [0.2, 0.25) is 0 Å². The summed E-state index contributed by atoms with van der Waals surface area (Å²) >= 11 is 0. The average molecular weight is 348 g/mol. The zero-order valence-corrected chi connectivity index (χ0v) is 14.3. The van der Waals surface area contributed by atoms with Gasteiger partial charge < -0.3 is 15.7 Å². The monoisotopic (exact) mass is 348 g/mol. The van der Waals surface area contributed by atoms with Crippen molar-refractivity contribution in [2.24, 2.45) is 0 Å². The Morgan fingerprint density at radius 2 is 1.92 bits per heavy atom. The average Bonchev–Trinajstić information content (AvgIpc) is 3.04. The molecule has 0 radical (unpaired) electrons. The molecule has 8 nitrogen and oxygen atoms in total. The van der Waals surface area contributed by atoms with Gasteiger partial charge in [-0.25, -0.2) is 13.9 Å². The minimum absolute atomic E-state index is 0.0662.